The van der Waals surface area contributed by atoms with Crippen molar-refractivity contribution in [2.75, 3.05) is 19.4 Å². The second-order valence-corrected chi connectivity index (χ2v) is 14.5. The number of imide groups is 1. The highest BCUT2D eigenvalue weighted by molar-refractivity contribution is 6.76. The highest BCUT2D eigenvalue weighted by Gasteiger charge is 2.34. The third kappa shape index (κ3) is 7.51. The first-order chi connectivity index (χ1) is 13.4. The average molecular weight is 404 g/mol. The summed E-state index contributed by atoms with van der Waals surface area (Å²) in [6.07, 6.45) is 11.7. The van der Waals surface area contributed by atoms with Gasteiger partial charge in [-0.25, -0.2) is 0 Å². The molecule has 0 aliphatic carbocycles. The molecule has 1 heterocycles. The first kappa shape index (κ1) is 22.8. The minimum Gasteiger partial charge on any atom is -0.385 e. The van der Waals surface area contributed by atoms with Crippen LogP contribution in [0.5, 0.6) is 0 Å². The molecule has 0 N–H and O–H groups in total. The van der Waals surface area contributed by atoms with Crippen LogP contribution in [0.15, 0.2) is 24.3 Å². The zero-order valence-electron chi connectivity index (χ0n) is 18.0. The summed E-state index contributed by atoms with van der Waals surface area (Å²) in [5.74, 6) is -0.260. The van der Waals surface area contributed by atoms with Gasteiger partial charge in [0.25, 0.3) is 11.8 Å². The second-order valence-electron chi connectivity index (χ2n) is 9.10. The largest absolute Gasteiger partial charge is 0.385 e. The van der Waals surface area contributed by atoms with Gasteiger partial charge in [0.15, 0.2) is 0 Å². The van der Waals surface area contributed by atoms with Crippen molar-refractivity contribution in [3.8, 4) is 0 Å². The fourth-order valence-electron chi connectivity index (χ4n) is 3.53. The van der Waals surface area contributed by atoms with E-state index >= 15 is 0 Å². The fourth-order valence-corrected chi connectivity index (χ4v) is 4.29. The smallest absolute Gasteiger partial charge is 0.261 e. The highest BCUT2D eigenvalue weighted by atomic mass is 28.3. The molecular formula is C23H37NO3Si. The van der Waals surface area contributed by atoms with Crippen LogP contribution in [0.25, 0.3) is 0 Å². The van der Waals surface area contributed by atoms with Crippen LogP contribution in [0.3, 0.4) is 0 Å². The van der Waals surface area contributed by atoms with Crippen molar-refractivity contribution in [3.05, 3.63) is 35.4 Å². The highest BCUT2D eigenvalue weighted by Crippen LogP contribution is 2.23. The van der Waals surface area contributed by atoms with E-state index in [9.17, 15) is 9.59 Å². The van der Waals surface area contributed by atoms with E-state index in [1.165, 1.54) is 49.8 Å². The van der Waals surface area contributed by atoms with Crippen molar-refractivity contribution in [1.82, 2.24) is 4.90 Å². The van der Waals surface area contributed by atoms with Gasteiger partial charge in [-0.2, -0.15) is 0 Å². The molecule has 0 bridgehead atoms. The van der Waals surface area contributed by atoms with Crippen LogP contribution < -0.4 is 0 Å². The Kier molecular flexibility index (Phi) is 9.39. The van der Waals surface area contributed by atoms with Crippen molar-refractivity contribution in [2.45, 2.75) is 77.4 Å². The third-order valence-corrected chi connectivity index (χ3v) is 6.15. The molecule has 0 spiro atoms. The van der Waals surface area contributed by atoms with Gasteiger partial charge in [0, 0.05) is 19.4 Å². The molecule has 5 heteroatoms. The minimum atomic E-state index is -1.05. The lowest BCUT2D eigenvalue weighted by atomic mass is 10.1. The molecule has 1 aromatic rings. The summed E-state index contributed by atoms with van der Waals surface area (Å²) < 4.78 is 5.76. The SMILES string of the molecule is C[Si](C)(C)COCCCCCCCCCCCN1C(=O)c2ccccc2C1=O. The number of carbonyl (C=O) groups excluding carboxylic acids is 2. The van der Waals surface area contributed by atoms with Crippen LogP contribution >= 0.6 is 0 Å². The van der Waals surface area contributed by atoms with Gasteiger partial charge < -0.3 is 4.74 Å². The van der Waals surface area contributed by atoms with Gasteiger partial charge in [-0.05, 0) is 25.0 Å². The van der Waals surface area contributed by atoms with E-state index in [1.807, 2.05) is 12.1 Å². The summed E-state index contributed by atoms with van der Waals surface area (Å²) in [6, 6.07) is 7.12. The van der Waals surface area contributed by atoms with Crippen molar-refractivity contribution in [2.24, 2.45) is 0 Å². The number of ether oxygens (including phenoxy) is 1. The lowest BCUT2D eigenvalue weighted by molar-refractivity contribution is 0.0651. The maximum absolute atomic E-state index is 12.3. The van der Waals surface area contributed by atoms with E-state index in [1.54, 1.807) is 12.1 Å². The van der Waals surface area contributed by atoms with E-state index in [0.717, 1.165) is 25.7 Å². The van der Waals surface area contributed by atoms with Crippen LogP contribution in [0.1, 0.15) is 78.5 Å². The molecule has 0 radical (unpaired) electrons. The lowest BCUT2D eigenvalue weighted by Crippen LogP contribution is -2.30. The second kappa shape index (κ2) is 11.5. The number of hydrogen-bond acceptors (Lipinski definition) is 3. The standard InChI is InChI=1S/C23H37NO3Si/c1-28(2,3)19-27-18-14-10-8-6-4-5-7-9-13-17-24-22(25)20-15-11-12-16-21(20)23(24)26/h11-12,15-16H,4-10,13-14,17-19H2,1-3H3. The number of hydrogen-bond donors (Lipinski definition) is 0. The molecule has 0 unspecified atom stereocenters. The number of nitrogens with zero attached hydrogens (tertiary/aromatic N) is 1. The quantitative estimate of drug-likeness (QED) is 0.228. The number of fused-ring (bicyclic) bond motifs is 1. The van der Waals surface area contributed by atoms with E-state index < -0.39 is 8.07 Å². The molecule has 1 aromatic carbocycles. The number of carbonyl (C=O) groups is 2. The van der Waals surface area contributed by atoms with E-state index in [-0.39, 0.29) is 11.8 Å². The van der Waals surface area contributed by atoms with Gasteiger partial charge in [-0.1, -0.05) is 76.7 Å². The molecule has 0 saturated heterocycles. The number of amides is 2. The van der Waals surface area contributed by atoms with Crippen molar-refractivity contribution >= 4 is 19.9 Å². The Hall–Kier alpha value is -1.46. The topological polar surface area (TPSA) is 46.6 Å². The van der Waals surface area contributed by atoms with Gasteiger partial charge in [-0.15, -0.1) is 0 Å². The van der Waals surface area contributed by atoms with Crippen LogP contribution in [0.2, 0.25) is 19.6 Å². The molecule has 0 atom stereocenters. The Morgan fingerprint density at radius 1 is 0.750 bits per heavy atom. The van der Waals surface area contributed by atoms with E-state index in [0.29, 0.717) is 17.7 Å². The molecule has 1 aliphatic heterocycles. The summed E-state index contributed by atoms with van der Waals surface area (Å²) >= 11 is 0. The molecular weight excluding hydrogens is 366 g/mol. The van der Waals surface area contributed by atoms with Crippen LogP contribution in [0, 0.1) is 0 Å². The molecule has 4 nitrogen and oxygen atoms in total. The molecule has 2 rings (SSSR count). The van der Waals surface area contributed by atoms with Gasteiger partial charge >= 0.3 is 0 Å². The predicted molar refractivity (Wildman–Crippen MR) is 118 cm³/mol. The number of unbranched alkanes of at least 4 members (excludes halogenated alkanes) is 8. The Bertz CT molecular complexity index is 604. The first-order valence-electron chi connectivity index (χ1n) is 10.9. The lowest BCUT2D eigenvalue weighted by Gasteiger charge is -2.15. The van der Waals surface area contributed by atoms with Gasteiger partial charge in [-0.3, -0.25) is 14.5 Å². The summed E-state index contributed by atoms with van der Waals surface area (Å²) in [5.41, 5.74) is 1.11. The average Bonchev–Trinajstić information content (AvgIpc) is 2.89. The molecule has 0 fully saturated rings. The minimum absolute atomic E-state index is 0.130. The Labute approximate surface area is 171 Å². The third-order valence-electron chi connectivity index (χ3n) is 5.08. The first-order valence-corrected chi connectivity index (χ1v) is 14.6. The maximum atomic E-state index is 12.3. The van der Waals surface area contributed by atoms with E-state index in [4.69, 9.17) is 4.74 Å². The van der Waals surface area contributed by atoms with Crippen molar-refractivity contribution < 1.29 is 14.3 Å². The Morgan fingerprint density at radius 2 is 1.21 bits per heavy atom. The molecule has 0 aromatic heterocycles. The van der Waals surface area contributed by atoms with Crippen LogP contribution in [-0.4, -0.2) is 44.2 Å². The van der Waals surface area contributed by atoms with Crippen LogP contribution in [-0.2, 0) is 4.74 Å². The van der Waals surface area contributed by atoms with Gasteiger partial charge in [0.1, 0.15) is 0 Å². The normalized spacial score (nSPS) is 14.0. The molecule has 1 aliphatic rings. The summed E-state index contributed by atoms with van der Waals surface area (Å²) in [4.78, 5) is 26.0. The summed E-state index contributed by atoms with van der Waals surface area (Å²) in [6.45, 7) is 8.48. The van der Waals surface area contributed by atoms with Gasteiger partial charge in [0.05, 0.1) is 19.2 Å². The zero-order chi connectivity index (χ0) is 20.4. The zero-order valence-corrected chi connectivity index (χ0v) is 19.0. The molecule has 2 amide bonds. The number of rotatable bonds is 14. The monoisotopic (exact) mass is 403 g/mol. The summed E-state index contributed by atoms with van der Waals surface area (Å²) in [7, 11) is -1.05. The van der Waals surface area contributed by atoms with Crippen molar-refractivity contribution in [1.29, 1.82) is 0 Å². The predicted octanol–water partition coefficient (Wildman–Crippen LogP) is 5.69. The molecule has 28 heavy (non-hydrogen) atoms. The molecule has 156 valence electrons. The van der Waals surface area contributed by atoms with Crippen LogP contribution in [0.4, 0.5) is 0 Å². The van der Waals surface area contributed by atoms with Crippen molar-refractivity contribution in [3.63, 3.8) is 0 Å². The van der Waals surface area contributed by atoms with Gasteiger partial charge in [0.2, 0.25) is 0 Å². The van der Waals surface area contributed by atoms with E-state index in [2.05, 4.69) is 19.6 Å². The maximum Gasteiger partial charge on any atom is 0.261 e. The molecule has 0 saturated carbocycles. The summed E-state index contributed by atoms with van der Waals surface area (Å²) in [5, 5.41) is 0. The number of benzene rings is 1. The fraction of sp³-hybridized carbons (Fsp3) is 0.652. The Morgan fingerprint density at radius 3 is 1.71 bits per heavy atom. The Balaban J connectivity index is 1.43.